The van der Waals surface area contributed by atoms with Gasteiger partial charge in [-0.15, -0.1) is 0 Å². The summed E-state index contributed by atoms with van der Waals surface area (Å²) in [5.74, 6) is 0.123. The van der Waals surface area contributed by atoms with Crippen molar-refractivity contribution in [1.29, 1.82) is 0 Å². The van der Waals surface area contributed by atoms with Gasteiger partial charge in [-0.2, -0.15) is 0 Å². The molecule has 3 atom stereocenters. The predicted molar refractivity (Wildman–Crippen MR) is 163 cm³/mol. The number of carboxylic acids is 1. The Labute approximate surface area is 243 Å². The molecule has 41 heavy (non-hydrogen) atoms. The Bertz CT molecular complexity index is 1450. The van der Waals surface area contributed by atoms with E-state index in [0.29, 0.717) is 18.9 Å². The minimum absolute atomic E-state index is 0.139. The summed E-state index contributed by atoms with van der Waals surface area (Å²) in [6, 6.07) is 34.4. The molecule has 4 aromatic carbocycles. The summed E-state index contributed by atoms with van der Waals surface area (Å²) in [6.07, 6.45) is 1.54. The average molecular weight is 550 g/mol. The zero-order valence-corrected chi connectivity index (χ0v) is 24.1. The smallest absolute Gasteiger partial charge is 0.333 e. The fourth-order valence-electron chi connectivity index (χ4n) is 5.88. The number of rotatable bonds is 11. The summed E-state index contributed by atoms with van der Waals surface area (Å²) in [7, 11) is 3.61. The zero-order chi connectivity index (χ0) is 28.8. The lowest BCUT2D eigenvalue weighted by Gasteiger charge is -2.31. The highest BCUT2D eigenvalue weighted by atomic mass is 16.5. The van der Waals surface area contributed by atoms with Crippen molar-refractivity contribution in [2.45, 2.75) is 44.2 Å². The Kier molecular flexibility index (Phi) is 9.17. The summed E-state index contributed by atoms with van der Waals surface area (Å²) in [6.45, 7) is 3.58. The lowest BCUT2D eigenvalue weighted by atomic mass is 9.87. The lowest BCUT2D eigenvalue weighted by molar-refractivity contribution is -0.148. The fraction of sp³-hybridized carbons (Fsp3) is 0.306. The highest BCUT2D eigenvalue weighted by Gasteiger charge is 2.28. The molecule has 0 fully saturated rings. The maximum absolute atomic E-state index is 11.3. The normalized spacial score (nSPS) is 15.9. The summed E-state index contributed by atoms with van der Waals surface area (Å²) >= 11 is 0. The molecule has 0 bridgehead atoms. The summed E-state index contributed by atoms with van der Waals surface area (Å²) < 4.78 is 11.2. The number of aryl methyl sites for hydroxylation is 2. The first-order chi connectivity index (χ1) is 19.9. The van der Waals surface area contributed by atoms with Crippen molar-refractivity contribution in [2.75, 3.05) is 27.3 Å². The van der Waals surface area contributed by atoms with Gasteiger partial charge in [-0.3, -0.25) is 4.90 Å². The molecule has 1 N–H and O–H groups in total. The SMILES string of the molecule is COC(Cc1ccc(OCCN(C)C2c3ccccc3CCc3ccc(C(C)c4ccccc4)cc32)cc1)C(=O)O. The van der Waals surface area contributed by atoms with E-state index in [9.17, 15) is 9.90 Å². The molecule has 5 rings (SSSR count). The molecule has 3 unspecified atom stereocenters. The number of benzene rings is 4. The van der Waals surface area contributed by atoms with Gasteiger partial charge in [0.2, 0.25) is 0 Å². The third kappa shape index (κ3) is 6.70. The number of hydrogen-bond acceptors (Lipinski definition) is 4. The summed E-state index contributed by atoms with van der Waals surface area (Å²) in [5.41, 5.74) is 9.13. The van der Waals surface area contributed by atoms with Crippen LogP contribution in [0.3, 0.4) is 0 Å². The monoisotopic (exact) mass is 549 g/mol. The molecule has 4 aromatic rings. The summed E-state index contributed by atoms with van der Waals surface area (Å²) in [4.78, 5) is 13.7. The van der Waals surface area contributed by atoms with Gasteiger partial charge in [-0.25, -0.2) is 4.79 Å². The van der Waals surface area contributed by atoms with Gasteiger partial charge < -0.3 is 14.6 Å². The Morgan fingerprint density at radius 3 is 2.27 bits per heavy atom. The second-order valence-electron chi connectivity index (χ2n) is 10.9. The quantitative estimate of drug-likeness (QED) is 0.226. The second kappa shape index (κ2) is 13.2. The van der Waals surface area contributed by atoms with Crippen molar-refractivity contribution < 1.29 is 19.4 Å². The molecule has 1 aliphatic rings. The van der Waals surface area contributed by atoms with Crippen molar-refractivity contribution in [3.8, 4) is 5.75 Å². The molecule has 0 aliphatic heterocycles. The van der Waals surface area contributed by atoms with Crippen LogP contribution in [0.1, 0.15) is 57.8 Å². The largest absolute Gasteiger partial charge is 0.492 e. The highest BCUT2D eigenvalue weighted by Crippen LogP contribution is 2.38. The van der Waals surface area contributed by atoms with E-state index in [1.165, 1.54) is 40.5 Å². The molecule has 0 aromatic heterocycles. The molecule has 0 spiro atoms. The number of carbonyl (C=O) groups is 1. The van der Waals surface area contributed by atoms with E-state index in [4.69, 9.17) is 9.47 Å². The van der Waals surface area contributed by atoms with Crippen LogP contribution < -0.4 is 4.74 Å². The van der Waals surface area contributed by atoms with Crippen LogP contribution in [0.4, 0.5) is 0 Å². The van der Waals surface area contributed by atoms with Gasteiger partial charge in [0.1, 0.15) is 12.4 Å². The van der Waals surface area contributed by atoms with Crippen molar-refractivity contribution in [2.24, 2.45) is 0 Å². The predicted octanol–water partition coefficient (Wildman–Crippen LogP) is 6.68. The zero-order valence-electron chi connectivity index (χ0n) is 24.1. The van der Waals surface area contributed by atoms with Gasteiger partial charge in [0.25, 0.3) is 0 Å². The Balaban J connectivity index is 1.33. The maximum atomic E-state index is 11.3. The number of likely N-dealkylation sites (N-methyl/N-ethyl adjacent to an activating group) is 1. The number of ether oxygens (including phenoxy) is 2. The van der Waals surface area contributed by atoms with Gasteiger partial charge in [0.15, 0.2) is 6.10 Å². The van der Waals surface area contributed by atoms with Crippen LogP contribution >= 0.6 is 0 Å². The molecule has 212 valence electrons. The first-order valence-electron chi connectivity index (χ1n) is 14.4. The van der Waals surface area contributed by atoms with Gasteiger partial charge in [-0.1, -0.05) is 91.9 Å². The number of fused-ring (bicyclic) bond motifs is 2. The molecule has 0 saturated carbocycles. The van der Waals surface area contributed by atoms with E-state index in [1.54, 1.807) is 0 Å². The van der Waals surface area contributed by atoms with E-state index in [2.05, 4.69) is 91.7 Å². The van der Waals surface area contributed by atoms with Crippen LogP contribution in [0.5, 0.6) is 5.75 Å². The van der Waals surface area contributed by atoms with Crippen molar-refractivity contribution in [3.63, 3.8) is 0 Å². The number of aliphatic carboxylic acids is 1. The third-order valence-corrected chi connectivity index (χ3v) is 8.34. The molecule has 1 aliphatic carbocycles. The van der Waals surface area contributed by atoms with Crippen LogP contribution in [0.15, 0.2) is 97.1 Å². The van der Waals surface area contributed by atoms with Gasteiger partial charge in [0, 0.05) is 26.0 Å². The van der Waals surface area contributed by atoms with E-state index < -0.39 is 12.1 Å². The molecular weight excluding hydrogens is 510 g/mol. The Morgan fingerprint density at radius 1 is 0.878 bits per heavy atom. The lowest BCUT2D eigenvalue weighted by Crippen LogP contribution is -2.30. The second-order valence-corrected chi connectivity index (χ2v) is 10.9. The average Bonchev–Trinajstić information content (AvgIpc) is 3.17. The number of nitrogens with zero attached hydrogens (tertiary/aromatic N) is 1. The fourth-order valence-corrected chi connectivity index (χ4v) is 5.88. The molecule has 0 amide bonds. The molecule has 0 radical (unpaired) electrons. The van der Waals surface area contributed by atoms with Gasteiger partial charge >= 0.3 is 5.97 Å². The molecule has 5 nitrogen and oxygen atoms in total. The van der Waals surface area contributed by atoms with Crippen LogP contribution in [0.25, 0.3) is 0 Å². The molecule has 0 saturated heterocycles. The maximum Gasteiger partial charge on any atom is 0.333 e. The molecular formula is C36H39NO4. The number of methoxy groups -OCH3 is 1. The van der Waals surface area contributed by atoms with Crippen molar-refractivity contribution >= 4 is 5.97 Å². The topological polar surface area (TPSA) is 59.0 Å². The van der Waals surface area contributed by atoms with Crippen LogP contribution in [-0.4, -0.2) is 49.4 Å². The highest BCUT2D eigenvalue weighted by molar-refractivity contribution is 5.72. The van der Waals surface area contributed by atoms with Crippen LogP contribution in [-0.2, 0) is 28.8 Å². The van der Waals surface area contributed by atoms with E-state index in [-0.39, 0.29) is 6.04 Å². The Hall–Kier alpha value is -3.93. The van der Waals surface area contributed by atoms with Crippen LogP contribution in [0, 0.1) is 0 Å². The van der Waals surface area contributed by atoms with E-state index in [1.807, 2.05) is 24.3 Å². The van der Waals surface area contributed by atoms with Crippen LogP contribution in [0.2, 0.25) is 0 Å². The number of carboxylic acid groups (broad SMARTS) is 1. The van der Waals surface area contributed by atoms with Crippen molar-refractivity contribution in [3.05, 3.63) is 136 Å². The molecule has 5 heteroatoms. The van der Waals surface area contributed by atoms with Gasteiger partial charge in [0.05, 0.1) is 6.04 Å². The minimum atomic E-state index is -0.959. The summed E-state index contributed by atoms with van der Waals surface area (Å²) in [5, 5.41) is 9.24. The van der Waals surface area contributed by atoms with E-state index >= 15 is 0 Å². The standard InChI is InChI=1S/C36H39NO4/c1-25(27-9-5-4-6-10-27)30-18-17-29-16-15-28-11-7-8-12-32(28)35(33(29)24-30)37(2)21-22-41-31-19-13-26(14-20-31)23-34(40-3)36(38)39/h4-14,17-20,24-25,34-35H,15-16,21-23H2,1-3H3,(H,38,39). The van der Waals surface area contributed by atoms with Gasteiger partial charge in [-0.05, 0) is 71.0 Å². The first-order valence-corrected chi connectivity index (χ1v) is 14.4. The van der Waals surface area contributed by atoms with E-state index in [0.717, 1.165) is 30.7 Å². The first kappa shape index (κ1) is 28.6. The minimum Gasteiger partial charge on any atom is -0.492 e. The Morgan fingerprint density at radius 2 is 1.56 bits per heavy atom. The number of hydrogen-bond donors (Lipinski definition) is 1. The molecule has 0 heterocycles. The van der Waals surface area contributed by atoms with Crippen molar-refractivity contribution in [1.82, 2.24) is 4.90 Å². The third-order valence-electron chi connectivity index (χ3n) is 8.34.